The van der Waals surface area contributed by atoms with Crippen LogP contribution in [0.3, 0.4) is 0 Å². The van der Waals surface area contributed by atoms with Crippen molar-refractivity contribution in [1.82, 2.24) is 0 Å². The zero-order valence-corrected chi connectivity index (χ0v) is 10.6. The van der Waals surface area contributed by atoms with E-state index in [2.05, 4.69) is 0 Å². The molecule has 0 saturated carbocycles. The third-order valence-electron chi connectivity index (χ3n) is 3.14. The van der Waals surface area contributed by atoms with Gasteiger partial charge in [0, 0.05) is 24.2 Å². The van der Waals surface area contributed by atoms with E-state index in [1.54, 1.807) is 19.1 Å². The number of rotatable bonds is 4. The van der Waals surface area contributed by atoms with Gasteiger partial charge in [-0.2, -0.15) is 0 Å². The lowest BCUT2D eigenvalue weighted by molar-refractivity contribution is -0.385. The van der Waals surface area contributed by atoms with Crippen molar-refractivity contribution in [2.24, 2.45) is 0 Å². The van der Waals surface area contributed by atoms with Crippen molar-refractivity contribution in [2.45, 2.75) is 12.8 Å². The highest BCUT2D eigenvalue weighted by atomic mass is 16.6. The molecule has 0 spiro atoms. The minimum absolute atomic E-state index is 0.0567. The average Bonchev–Trinajstić information content (AvgIpc) is 2.46. The van der Waals surface area contributed by atoms with Crippen LogP contribution in [0.15, 0.2) is 48.5 Å². The molecule has 4 heteroatoms. The van der Waals surface area contributed by atoms with Crippen molar-refractivity contribution in [2.75, 3.05) is 6.61 Å². The van der Waals surface area contributed by atoms with E-state index in [4.69, 9.17) is 0 Å². The SMILES string of the molecule is CC(CO)c1cc(-c2ccccc2)ccc1[N+](=O)[O-]. The Bertz CT molecular complexity index is 581. The first kappa shape index (κ1) is 13.2. The quantitative estimate of drug-likeness (QED) is 0.674. The molecule has 0 bridgehead atoms. The molecule has 0 aliphatic heterocycles. The fourth-order valence-electron chi connectivity index (χ4n) is 2.02. The molecule has 2 rings (SSSR count). The maximum absolute atomic E-state index is 11.0. The molecule has 0 fully saturated rings. The van der Waals surface area contributed by atoms with Crippen molar-refractivity contribution in [1.29, 1.82) is 0 Å². The summed E-state index contributed by atoms with van der Waals surface area (Å²) in [5.74, 6) is -0.260. The standard InChI is InChI=1S/C15H15NO3/c1-11(10-17)14-9-13(7-8-15(14)16(18)19)12-5-3-2-4-6-12/h2-9,11,17H,10H2,1H3. The van der Waals surface area contributed by atoms with Crippen LogP contribution in [0.4, 0.5) is 5.69 Å². The predicted octanol–water partition coefficient (Wildman–Crippen LogP) is 3.36. The van der Waals surface area contributed by atoms with E-state index in [1.807, 2.05) is 30.3 Å². The third-order valence-corrected chi connectivity index (χ3v) is 3.14. The normalized spacial score (nSPS) is 12.1. The van der Waals surface area contributed by atoms with E-state index in [0.29, 0.717) is 5.56 Å². The van der Waals surface area contributed by atoms with Gasteiger partial charge >= 0.3 is 0 Å². The van der Waals surface area contributed by atoms with Gasteiger partial charge in [-0.05, 0) is 23.3 Å². The van der Waals surface area contributed by atoms with Gasteiger partial charge in [-0.3, -0.25) is 10.1 Å². The lowest BCUT2D eigenvalue weighted by Crippen LogP contribution is -2.03. The smallest absolute Gasteiger partial charge is 0.272 e. The molecule has 0 aliphatic carbocycles. The van der Waals surface area contributed by atoms with Crippen molar-refractivity contribution in [3.63, 3.8) is 0 Å². The second-order valence-corrected chi connectivity index (χ2v) is 4.48. The summed E-state index contributed by atoms with van der Waals surface area (Å²) in [6, 6.07) is 14.7. The van der Waals surface area contributed by atoms with Crippen LogP contribution in [0.1, 0.15) is 18.4 Å². The van der Waals surface area contributed by atoms with Crippen LogP contribution >= 0.6 is 0 Å². The molecule has 0 amide bonds. The van der Waals surface area contributed by atoms with Crippen LogP contribution < -0.4 is 0 Å². The van der Waals surface area contributed by atoms with Gasteiger partial charge in [0.2, 0.25) is 0 Å². The van der Waals surface area contributed by atoms with Crippen molar-refractivity contribution in [3.05, 3.63) is 64.2 Å². The first-order chi connectivity index (χ1) is 9.13. The Morgan fingerprint density at radius 3 is 2.42 bits per heavy atom. The maximum atomic E-state index is 11.0. The van der Waals surface area contributed by atoms with E-state index in [1.165, 1.54) is 6.07 Å². The Morgan fingerprint density at radius 1 is 1.16 bits per heavy atom. The van der Waals surface area contributed by atoms with Gasteiger partial charge in [0.15, 0.2) is 0 Å². The number of aliphatic hydroxyl groups is 1. The van der Waals surface area contributed by atoms with Crippen LogP contribution in [0.5, 0.6) is 0 Å². The molecule has 0 heterocycles. The first-order valence-corrected chi connectivity index (χ1v) is 6.08. The van der Waals surface area contributed by atoms with Crippen molar-refractivity contribution < 1.29 is 10.0 Å². The zero-order chi connectivity index (χ0) is 13.8. The molecule has 2 aromatic carbocycles. The zero-order valence-electron chi connectivity index (χ0n) is 10.6. The minimum Gasteiger partial charge on any atom is -0.396 e. The molecule has 98 valence electrons. The molecule has 0 radical (unpaired) electrons. The van der Waals surface area contributed by atoms with Gasteiger partial charge in [0.25, 0.3) is 5.69 Å². The van der Waals surface area contributed by atoms with E-state index in [9.17, 15) is 15.2 Å². The topological polar surface area (TPSA) is 63.4 Å². The highest BCUT2D eigenvalue weighted by Gasteiger charge is 2.19. The van der Waals surface area contributed by atoms with E-state index < -0.39 is 4.92 Å². The number of benzene rings is 2. The number of nitro benzene ring substituents is 1. The molecule has 0 aliphatic rings. The molecule has 1 atom stereocenters. The summed E-state index contributed by atoms with van der Waals surface area (Å²) in [6.07, 6.45) is 0. The highest BCUT2D eigenvalue weighted by molar-refractivity contribution is 5.67. The molecular formula is C15H15NO3. The van der Waals surface area contributed by atoms with Crippen LogP contribution in [0.2, 0.25) is 0 Å². The molecule has 0 aromatic heterocycles. The second-order valence-electron chi connectivity index (χ2n) is 4.48. The average molecular weight is 257 g/mol. The van der Waals surface area contributed by atoms with Crippen LogP contribution in [0, 0.1) is 10.1 Å². The number of nitro groups is 1. The molecular weight excluding hydrogens is 242 g/mol. The van der Waals surface area contributed by atoms with Gasteiger partial charge in [-0.15, -0.1) is 0 Å². The number of aliphatic hydroxyl groups excluding tert-OH is 1. The predicted molar refractivity (Wildman–Crippen MR) is 74.0 cm³/mol. The van der Waals surface area contributed by atoms with E-state index in [-0.39, 0.29) is 18.2 Å². The summed E-state index contributed by atoms with van der Waals surface area (Å²) >= 11 is 0. The summed E-state index contributed by atoms with van der Waals surface area (Å²) in [5, 5.41) is 20.2. The summed E-state index contributed by atoms with van der Waals surface area (Å²) in [6.45, 7) is 1.66. The van der Waals surface area contributed by atoms with Gasteiger partial charge in [-0.25, -0.2) is 0 Å². The Labute approximate surface area is 111 Å². The third kappa shape index (κ3) is 2.80. The van der Waals surface area contributed by atoms with Crippen molar-refractivity contribution >= 4 is 5.69 Å². The molecule has 2 aromatic rings. The Balaban J connectivity index is 2.53. The Hall–Kier alpha value is -2.20. The van der Waals surface area contributed by atoms with Crippen LogP contribution in [-0.4, -0.2) is 16.6 Å². The van der Waals surface area contributed by atoms with E-state index >= 15 is 0 Å². The van der Waals surface area contributed by atoms with Gasteiger partial charge in [0.1, 0.15) is 0 Å². The van der Waals surface area contributed by atoms with Gasteiger partial charge in [0.05, 0.1) is 4.92 Å². The van der Waals surface area contributed by atoms with Crippen LogP contribution in [-0.2, 0) is 0 Å². The van der Waals surface area contributed by atoms with E-state index in [0.717, 1.165) is 11.1 Å². The fourth-order valence-corrected chi connectivity index (χ4v) is 2.02. The molecule has 1 unspecified atom stereocenters. The summed E-state index contributed by atoms with van der Waals surface area (Å²) < 4.78 is 0. The molecule has 4 nitrogen and oxygen atoms in total. The lowest BCUT2D eigenvalue weighted by Gasteiger charge is -2.11. The summed E-state index contributed by atoms with van der Waals surface area (Å²) in [5.41, 5.74) is 2.54. The largest absolute Gasteiger partial charge is 0.396 e. The fraction of sp³-hybridized carbons (Fsp3) is 0.200. The highest BCUT2D eigenvalue weighted by Crippen LogP contribution is 2.31. The Kier molecular flexibility index (Phi) is 3.92. The van der Waals surface area contributed by atoms with Crippen molar-refractivity contribution in [3.8, 4) is 11.1 Å². The number of hydrogen-bond donors (Lipinski definition) is 1. The summed E-state index contributed by atoms with van der Waals surface area (Å²) in [4.78, 5) is 10.6. The molecule has 1 N–H and O–H groups in total. The van der Waals surface area contributed by atoms with Gasteiger partial charge < -0.3 is 5.11 Å². The second kappa shape index (κ2) is 5.63. The first-order valence-electron chi connectivity index (χ1n) is 6.08. The maximum Gasteiger partial charge on any atom is 0.272 e. The molecule has 0 saturated heterocycles. The number of nitrogens with zero attached hydrogens (tertiary/aromatic N) is 1. The number of hydrogen-bond acceptors (Lipinski definition) is 3. The summed E-state index contributed by atoms with van der Waals surface area (Å²) in [7, 11) is 0. The Morgan fingerprint density at radius 2 is 1.84 bits per heavy atom. The lowest BCUT2D eigenvalue weighted by atomic mass is 9.95. The molecule has 19 heavy (non-hydrogen) atoms. The minimum atomic E-state index is -0.406. The van der Waals surface area contributed by atoms with Crippen LogP contribution in [0.25, 0.3) is 11.1 Å². The van der Waals surface area contributed by atoms with Gasteiger partial charge in [-0.1, -0.05) is 37.3 Å². The monoisotopic (exact) mass is 257 g/mol.